The minimum atomic E-state index is -0.116. The first-order valence-corrected chi connectivity index (χ1v) is 8.48. The maximum absolute atomic E-state index is 12.3. The molecule has 3 aromatic rings. The van der Waals surface area contributed by atoms with Crippen LogP contribution in [0.3, 0.4) is 0 Å². The molecular weight excluding hydrogens is 326 g/mol. The summed E-state index contributed by atoms with van der Waals surface area (Å²) >= 11 is 1.38. The van der Waals surface area contributed by atoms with Crippen molar-refractivity contribution < 1.29 is 9.53 Å². The number of benzene rings is 1. The molecule has 1 amide bonds. The number of fused-ring (bicyclic) bond motifs is 1. The van der Waals surface area contributed by atoms with Gasteiger partial charge in [0.1, 0.15) is 17.1 Å². The van der Waals surface area contributed by atoms with Gasteiger partial charge in [0.25, 0.3) is 5.78 Å². The molecule has 1 aromatic carbocycles. The molecule has 0 atom stereocenters. The van der Waals surface area contributed by atoms with Crippen LogP contribution in [0, 0.1) is 6.92 Å². The average Bonchev–Trinajstić information content (AvgIpc) is 3.03. The van der Waals surface area contributed by atoms with Crippen molar-refractivity contribution in [1.82, 2.24) is 19.6 Å². The number of thioether (sulfide) groups is 1. The van der Waals surface area contributed by atoms with E-state index in [1.54, 1.807) is 4.52 Å². The van der Waals surface area contributed by atoms with Gasteiger partial charge in [0.05, 0.1) is 18.0 Å². The molecule has 0 bridgehead atoms. The molecule has 24 heavy (non-hydrogen) atoms. The van der Waals surface area contributed by atoms with Gasteiger partial charge in [-0.25, -0.2) is 4.98 Å². The first kappa shape index (κ1) is 16.3. The molecule has 0 spiro atoms. The van der Waals surface area contributed by atoms with E-state index in [0.29, 0.717) is 23.8 Å². The van der Waals surface area contributed by atoms with E-state index in [9.17, 15) is 4.79 Å². The van der Waals surface area contributed by atoms with Gasteiger partial charge in [-0.05, 0) is 32.0 Å². The molecule has 0 aliphatic carbocycles. The van der Waals surface area contributed by atoms with Gasteiger partial charge >= 0.3 is 0 Å². The van der Waals surface area contributed by atoms with Crippen LogP contribution in [0.25, 0.3) is 5.78 Å². The lowest BCUT2D eigenvalue weighted by atomic mass is 10.3. The summed E-state index contributed by atoms with van der Waals surface area (Å²) in [6.45, 7) is 4.34. The second kappa shape index (κ2) is 7.31. The van der Waals surface area contributed by atoms with Crippen molar-refractivity contribution in [3.05, 3.63) is 42.4 Å². The molecule has 3 rings (SSSR count). The number of anilines is 1. The maximum Gasteiger partial charge on any atom is 0.253 e. The number of amides is 1. The summed E-state index contributed by atoms with van der Waals surface area (Å²) in [4.78, 5) is 20.6. The molecule has 2 aromatic heterocycles. The van der Waals surface area contributed by atoms with E-state index in [2.05, 4.69) is 20.4 Å². The molecule has 2 heterocycles. The summed E-state index contributed by atoms with van der Waals surface area (Å²) in [5.74, 6) is 1.32. The zero-order valence-corrected chi connectivity index (χ0v) is 14.2. The molecule has 124 valence electrons. The lowest BCUT2D eigenvalue weighted by molar-refractivity contribution is -0.113. The van der Waals surface area contributed by atoms with Gasteiger partial charge in [-0.3, -0.25) is 4.79 Å². The molecule has 0 saturated heterocycles. The van der Waals surface area contributed by atoms with Gasteiger partial charge in [-0.15, -0.1) is 0 Å². The van der Waals surface area contributed by atoms with Crippen molar-refractivity contribution >= 4 is 29.1 Å². The molecule has 0 aliphatic heterocycles. The standard InChI is InChI=1S/C16H17N5O2S/c1-3-23-13-7-5-4-6-12(13)20-14(22)9-24-15-8-11(2)19-16-17-10-18-21(15)16/h4-8,10H,3,9H2,1-2H3,(H,20,22). The smallest absolute Gasteiger partial charge is 0.253 e. The van der Waals surface area contributed by atoms with Crippen LogP contribution in [0.2, 0.25) is 0 Å². The number of para-hydroxylation sites is 2. The Balaban J connectivity index is 1.68. The molecule has 0 radical (unpaired) electrons. The van der Waals surface area contributed by atoms with Crippen LogP contribution < -0.4 is 10.1 Å². The minimum absolute atomic E-state index is 0.116. The lowest BCUT2D eigenvalue weighted by Crippen LogP contribution is -2.15. The SMILES string of the molecule is CCOc1ccccc1NC(=O)CSc1cc(C)nc2ncnn12. The van der Waals surface area contributed by atoms with E-state index in [1.807, 2.05) is 44.2 Å². The third-order valence-corrected chi connectivity index (χ3v) is 4.15. The highest BCUT2D eigenvalue weighted by Crippen LogP contribution is 2.24. The number of rotatable bonds is 6. The highest BCUT2D eigenvalue weighted by Gasteiger charge is 2.11. The number of nitrogens with zero attached hydrogens (tertiary/aromatic N) is 4. The number of carbonyl (C=O) groups is 1. The molecule has 1 N–H and O–H groups in total. The largest absolute Gasteiger partial charge is 0.492 e. The Morgan fingerprint density at radius 3 is 3.04 bits per heavy atom. The number of aryl methyl sites for hydroxylation is 1. The van der Waals surface area contributed by atoms with Gasteiger partial charge in [0, 0.05) is 5.69 Å². The van der Waals surface area contributed by atoms with Gasteiger partial charge in [0.2, 0.25) is 5.91 Å². The number of hydrogen-bond donors (Lipinski definition) is 1. The Hall–Kier alpha value is -2.61. The number of hydrogen-bond acceptors (Lipinski definition) is 6. The summed E-state index contributed by atoms with van der Waals surface area (Å²) in [6.07, 6.45) is 1.45. The molecule has 0 fully saturated rings. The fraction of sp³-hybridized carbons (Fsp3) is 0.250. The highest BCUT2D eigenvalue weighted by atomic mass is 32.2. The van der Waals surface area contributed by atoms with Crippen LogP contribution in [-0.2, 0) is 4.79 Å². The van der Waals surface area contributed by atoms with Crippen LogP contribution in [0.1, 0.15) is 12.6 Å². The van der Waals surface area contributed by atoms with Crippen molar-refractivity contribution in [2.24, 2.45) is 0 Å². The third kappa shape index (κ3) is 3.65. The van der Waals surface area contributed by atoms with Gasteiger partial charge in [0.15, 0.2) is 0 Å². The third-order valence-electron chi connectivity index (χ3n) is 3.16. The van der Waals surface area contributed by atoms with Crippen molar-refractivity contribution in [2.75, 3.05) is 17.7 Å². The zero-order valence-electron chi connectivity index (χ0n) is 13.4. The fourth-order valence-electron chi connectivity index (χ4n) is 2.18. The molecular formula is C16H17N5O2S. The zero-order chi connectivity index (χ0) is 16.9. The lowest BCUT2D eigenvalue weighted by Gasteiger charge is -2.11. The van der Waals surface area contributed by atoms with E-state index < -0.39 is 0 Å². The van der Waals surface area contributed by atoms with Crippen molar-refractivity contribution in [2.45, 2.75) is 18.9 Å². The molecule has 0 unspecified atom stereocenters. The number of carbonyl (C=O) groups excluding carboxylic acids is 1. The summed E-state index contributed by atoms with van der Waals surface area (Å²) in [7, 11) is 0. The Bertz CT molecular complexity index is 865. The van der Waals surface area contributed by atoms with Crippen LogP contribution in [0.15, 0.2) is 41.7 Å². The van der Waals surface area contributed by atoms with E-state index in [4.69, 9.17) is 4.74 Å². The van der Waals surface area contributed by atoms with Crippen molar-refractivity contribution in [3.63, 3.8) is 0 Å². The predicted molar refractivity (Wildman–Crippen MR) is 92.5 cm³/mol. The summed E-state index contributed by atoms with van der Waals surface area (Å²) in [5.41, 5.74) is 1.50. The van der Waals surface area contributed by atoms with E-state index >= 15 is 0 Å². The van der Waals surface area contributed by atoms with E-state index in [1.165, 1.54) is 18.1 Å². The minimum Gasteiger partial charge on any atom is -0.492 e. The van der Waals surface area contributed by atoms with E-state index in [-0.39, 0.29) is 11.7 Å². The first-order chi connectivity index (χ1) is 11.7. The predicted octanol–water partition coefficient (Wildman–Crippen LogP) is 2.56. The van der Waals surface area contributed by atoms with E-state index in [0.717, 1.165) is 10.7 Å². The van der Waals surface area contributed by atoms with Crippen molar-refractivity contribution in [1.29, 1.82) is 0 Å². The fourth-order valence-corrected chi connectivity index (χ4v) is 3.03. The quantitative estimate of drug-likeness (QED) is 0.547. The van der Waals surface area contributed by atoms with Gasteiger partial charge < -0.3 is 10.1 Å². The topological polar surface area (TPSA) is 81.4 Å². The van der Waals surface area contributed by atoms with Gasteiger partial charge in [-0.1, -0.05) is 23.9 Å². The maximum atomic E-state index is 12.3. The van der Waals surface area contributed by atoms with Crippen molar-refractivity contribution in [3.8, 4) is 5.75 Å². The monoisotopic (exact) mass is 343 g/mol. The van der Waals surface area contributed by atoms with Crippen LogP contribution in [-0.4, -0.2) is 37.8 Å². The second-order valence-electron chi connectivity index (χ2n) is 4.97. The molecule has 0 aliphatic rings. The average molecular weight is 343 g/mol. The Morgan fingerprint density at radius 1 is 1.38 bits per heavy atom. The molecule has 8 heteroatoms. The Labute approximate surface area is 143 Å². The Morgan fingerprint density at radius 2 is 2.21 bits per heavy atom. The highest BCUT2D eigenvalue weighted by molar-refractivity contribution is 7.99. The molecule has 7 nitrogen and oxygen atoms in total. The van der Waals surface area contributed by atoms with Gasteiger partial charge in [-0.2, -0.15) is 14.6 Å². The normalized spacial score (nSPS) is 10.8. The van der Waals surface area contributed by atoms with Crippen LogP contribution in [0.4, 0.5) is 5.69 Å². The molecule has 0 saturated carbocycles. The summed E-state index contributed by atoms with van der Waals surface area (Å²) in [5, 5.41) is 7.83. The summed E-state index contributed by atoms with van der Waals surface area (Å²) in [6, 6.07) is 9.26. The number of ether oxygens (including phenoxy) is 1. The summed E-state index contributed by atoms with van der Waals surface area (Å²) < 4.78 is 7.14. The van der Waals surface area contributed by atoms with Crippen LogP contribution in [0.5, 0.6) is 5.75 Å². The number of nitrogens with one attached hydrogen (secondary N) is 1. The first-order valence-electron chi connectivity index (χ1n) is 7.49. The van der Waals surface area contributed by atoms with Crippen LogP contribution >= 0.6 is 11.8 Å². The second-order valence-corrected chi connectivity index (χ2v) is 5.97. The Kier molecular flexibility index (Phi) is 4.95. The number of aromatic nitrogens is 4.